The summed E-state index contributed by atoms with van der Waals surface area (Å²) < 4.78 is 37.8. The highest BCUT2D eigenvalue weighted by Gasteiger charge is 2.30. The SMILES string of the molecule is O=C=Nc1ccc(Sc2cccc(C(F)(F)F)c2)cc1. The van der Waals surface area contributed by atoms with Crippen LogP contribution in [0.5, 0.6) is 0 Å². The summed E-state index contributed by atoms with van der Waals surface area (Å²) in [6, 6.07) is 11.7. The fourth-order valence-corrected chi connectivity index (χ4v) is 2.39. The van der Waals surface area contributed by atoms with Gasteiger partial charge in [0.2, 0.25) is 6.08 Å². The van der Waals surface area contributed by atoms with Crippen LogP contribution in [0.3, 0.4) is 0 Å². The van der Waals surface area contributed by atoms with Crippen molar-refractivity contribution in [2.75, 3.05) is 0 Å². The molecule has 0 aliphatic carbocycles. The summed E-state index contributed by atoms with van der Waals surface area (Å²) >= 11 is 1.20. The molecule has 20 heavy (non-hydrogen) atoms. The molecule has 2 nitrogen and oxygen atoms in total. The van der Waals surface area contributed by atoms with Crippen molar-refractivity contribution >= 4 is 23.5 Å². The van der Waals surface area contributed by atoms with Crippen molar-refractivity contribution in [3.05, 3.63) is 54.1 Å². The van der Waals surface area contributed by atoms with Gasteiger partial charge in [-0.15, -0.1) is 0 Å². The zero-order chi connectivity index (χ0) is 14.6. The molecule has 0 aliphatic heterocycles. The van der Waals surface area contributed by atoms with E-state index in [1.165, 1.54) is 23.9 Å². The van der Waals surface area contributed by atoms with Gasteiger partial charge in [0.25, 0.3) is 0 Å². The smallest absolute Gasteiger partial charge is 0.211 e. The van der Waals surface area contributed by atoms with Gasteiger partial charge in [0.1, 0.15) is 0 Å². The summed E-state index contributed by atoms with van der Waals surface area (Å²) in [5.74, 6) is 0. The highest BCUT2D eigenvalue weighted by molar-refractivity contribution is 7.99. The van der Waals surface area contributed by atoms with Crippen molar-refractivity contribution in [3.8, 4) is 0 Å². The summed E-state index contributed by atoms with van der Waals surface area (Å²) in [5, 5.41) is 0. The highest BCUT2D eigenvalue weighted by Crippen LogP contribution is 2.34. The van der Waals surface area contributed by atoms with Gasteiger partial charge in [-0.25, -0.2) is 4.79 Å². The van der Waals surface area contributed by atoms with Gasteiger partial charge in [0.15, 0.2) is 0 Å². The van der Waals surface area contributed by atoms with Gasteiger partial charge in [-0.05, 0) is 42.5 Å². The van der Waals surface area contributed by atoms with Crippen LogP contribution in [0.2, 0.25) is 0 Å². The Hall–Kier alpha value is -2.04. The molecular weight excluding hydrogens is 287 g/mol. The molecule has 2 aromatic rings. The first-order valence-corrected chi connectivity index (χ1v) is 6.34. The molecule has 2 aromatic carbocycles. The van der Waals surface area contributed by atoms with Gasteiger partial charge in [-0.1, -0.05) is 17.8 Å². The zero-order valence-corrected chi connectivity index (χ0v) is 10.8. The molecular formula is C14H8F3NOS. The van der Waals surface area contributed by atoms with E-state index in [4.69, 9.17) is 0 Å². The molecule has 0 atom stereocenters. The summed E-state index contributed by atoms with van der Waals surface area (Å²) in [6.07, 6.45) is -2.93. The standard InChI is InChI=1S/C14H8F3NOS/c15-14(16,17)10-2-1-3-13(8-10)20-12-6-4-11(5-7-12)18-9-19/h1-8H. The minimum absolute atomic E-state index is 0.452. The lowest BCUT2D eigenvalue weighted by molar-refractivity contribution is -0.137. The van der Waals surface area contributed by atoms with E-state index in [0.717, 1.165) is 17.0 Å². The van der Waals surface area contributed by atoms with E-state index >= 15 is 0 Å². The molecule has 0 bridgehead atoms. The first-order valence-electron chi connectivity index (χ1n) is 5.52. The molecule has 0 spiro atoms. The molecule has 0 aromatic heterocycles. The van der Waals surface area contributed by atoms with Crippen molar-refractivity contribution < 1.29 is 18.0 Å². The number of alkyl halides is 3. The first kappa shape index (κ1) is 14.4. The second-order valence-corrected chi connectivity index (χ2v) is 4.97. The molecule has 0 radical (unpaired) electrons. The number of halogens is 3. The Kier molecular flexibility index (Phi) is 4.27. The average molecular weight is 295 g/mol. The van der Waals surface area contributed by atoms with Gasteiger partial charge in [-0.3, -0.25) is 0 Å². The van der Waals surface area contributed by atoms with Crippen LogP contribution in [0.15, 0.2) is 63.3 Å². The minimum atomic E-state index is -4.35. The lowest BCUT2D eigenvalue weighted by Crippen LogP contribution is -2.04. The first-order chi connectivity index (χ1) is 9.49. The molecule has 0 unspecified atom stereocenters. The highest BCUT2D eigenvalue weighted by atomic mass is 32.2. The number of aliphatic imine (C=N–C) groups is 1. The number of hydrogen-bond donors (Lipinski definition) is 0. The lowest BCUT2D eigenvalue weighted by Gasteiger charge is -2.08. The van der Waals surface area contributed by atoms with Crippen LogP contribution in [0.4, 0.5) is 18.9 Å². The Balaban J connectivity index is 2.19. The molecule has 0 saturated carbocycles. The third-order valence-electron chi connectivity index (χ3n) is 2.41. The molecule has 0 saturated heterocycles. The van der Waals surface area contributed by atoms with Crippen LogP contribution in [0.1, 0.15) is 5.56 Å². The molecule has 102 valence electrons. The van der Waals surface area contributed by atoms with Crippen LogP contribution >= 0.6 is 11.8 Å². The fourth-order valence-electron chi connectivity index (χ4n) is 1.51. The van der Waals surface area contributed by atoms with E-state index in [1.807, 2.05) is 0 Å². The molecule has 2 rings (SSSR count). The summed E-state index contributed by atoms with van der Waals surface area (Å²) in [6.45, 7) is 0. The number of rotatable bonds is 3. The Morgan fingerprint density at radius 3 is 2.30 bits per heavy atom. The third-order valence-corrected chi connectivity index (χ3v) is 3.41. The van der Waals surface area contributed by atoms with Gasteiger partial charge >= 0.3 is 6.18 Å². The van der Waals surface area contributed by atoms with E-state index in [9.17, 15) is 18.0 Å². The van der Waals surface area contributed by atoms with Gasteiger partial charge in [-0.2, -0.15) is 18.2 Å². The number of benzene rings is 2. The predicted octanol–water partition coefficient (Wildman–Crippen LogP) is 4.82. The number of carbonyl (C=O) groups excluding carboxylic acids is 1. The Morgan fingerprint density at radius 2 is 1.70 bits per heavy atom. The van der Waals surface area contributed by atoms with Gasteiger partial charge in [0, 0.05) is 9.79 Å². The Morgan fingerprint density at radius 1 is 1.00 bits per heavy atom. The molecule has 0 heterocycles. The van der Waals surface area contributed by atoms with Crippen molar-refractivity contribution in [3.63, 3.8) is 0 Å². The Bertz CT molecular complexity index is 646. The maximum Gasteiger partial charge on any atom is 0.416 e. The van der Waals surface area contributed by atoms with Crippen LogP contribution in [-0.2, 0) is 11.0 Å². The predicted molar refractivity (Wildman–Crippen MR) is 69.8 cm³/mol. The monoisotopic (exact) mass is 295 g/mol. The molecule has 0 aliphatic rings. The molecule has 0 fully saturated rings. The molecule has 0 N–H and O–H groups in total. The lowest BCUT2D eigenvalue weighted by atomic mass is 10.2. The minimum Gasteiger partial charge on any atom is -0.211 e. The third kappa shape index (κ3) is 3.73. The topological polar surface area (TPSA) is 29.4 Å². The second-order valence-electron chi connectivity index (χ2n) is 3.82. The number of isocyanates is 1. The van der Waals surface area contributed by atoms with Gasteiger partial charge < -0.3 is 0 Å². The van der Waals surface area contributed by atoms with E-state index in [1.54, 1.807) is 30.3 Å². The quantitative estimate of drug-likeness (QED) is 0.600. The maximum atomic E-state index is 12.6. The maximum absolute atomic E-state index is 12.6. The van der Waals surface area contributed by atoms with E-state index in [-0.39, 0.29) is 0 Å². The van der Waals surface area contributed by atoms with Crippen molar-refractivity contribution in [2.24, 2.45) is 4.99 Å². The largest absolute Gasteiger partial charge is 0.416 e. The molecule has 6 heteroatoms. The molecule has 0 amide bonds. The van der Waals surface area contributed by atoms with Crippen LogP contribution in [0, 0.1) is 0 Å². The van der Waals surface area contributed by atoms with Crippen molar-refractivity contribution in [2.45, 2.75) is 16.0 Å². The normalized spacial score (nSPS) is 10.9. The fraction of sp³-hybridized carbons (Fsp3) is 0.0714. The van der Waals surface area contributed by atoms with Crippen LogP contribution in [0.25, 0.3) is 0 Å². The van der Waals surface area contributed by atoms with Crippen molar-refractivity contribution in [1.82, 2.24) is 0 Å². The second kappa shape index (κ2) is 5.94. The van der Waals surface area contributed by atoms with Crippen molar-refractivity contribution in [1.29, 1.82) is 0 Å². The van der Waals surface area contributed by atoms with E-state index in [0.29, 0.717) is 10.6 Å². The summed E-state index contributed by atoms with van der Waals surface area (Å²) in [4.78, 5) is 14.8. The van der Waals surface area contributed by atoms with Crippen LogP contribution in [-0.4, -0.2) is 6.08 Å². The average Bonchev–Trinajstić information content (AvgIpc) is 2.41. The van der Waals surface area contributed by atoms with E-state index < -0.39 is 11.7 Å². The van der Waals surface area contributed by atoms with E-state index in [2.05, 4.69) is 4.99 Å². The summed E-state index contributed by atoms with van der Waals surface area (Å²) in [7, 11) is 0. The summed E-state index contributed by atoms with van der Waals surface area (Å²) in [5.41, 5.74) is -0.224. The zero-order valence-electron chi connectivity index (χ0n) is 10.0. The van der Waals surface area contributed by atoms with Gasteiger partial charge in [0.05, 0.1) is 11.3 Å². The Labute approximate surface area is 117 Å². The van der Waals surface area contributed by atoms with Crippen LogP contribution < -0.4 is 0 Å². The number of nitrogens with zero attached hydrogens (tertiary/aromatic N) is 1. The number of hydrogen-bond acceptors (Lipinski definition) is 3.